The van der Waals surface area contributed by atoms with Crippen molar-refractivity contribution < 1.29 is 24.2 Å². The van der Waals surface area contributed by atoms with Crippen molar-refractivity contribution in [2.75, 3.05) is 45.1 Å². The number of benzene rings is 2. The molecule has 0 bridgehead atoms. The van der Waals surface area contributed by atoms with Crippen molar-refractivity contribution in [3.05, 3.63) is 53.6 Å². The third-order valence-electron chi connectivity index (χ3n) is 7.75. The number of unbranched alkanes of at least 4 members (excludes halogenated alkanes) is 1. The van der Waals surface area contributed by atoms with E-state index in [1.165, 1.54) is 16.3 Å². The highest BCUT2D eigenvalue weighted by Gasteiger charge is 2.52. The number of rotatable bonds is 12. The molecule has 2 aromatic carbocycles. The summed E-state index contributed by atoms with van der Waals surface area (Å²) >= 11 is 1.38. The van der Waals surface area contributed by atoms with E-state index in [1.807, 2.05) is 37.3 Å². The lowest BCUT2D eigenvalue weighted by atomic mass is 9.99. The lowest BCUT2D eigenvalue weighted by molar-refractivity contribution is -0.157. The lowest BCUT2D eigenvalue weighted by Gasteiger charge is -2.46. The zero-order valence-corrected chi connectivity index (χ0v) is 25.5. The van der Waals surface area contributed by atoms with E-state index >= 15 is 0 Å². The number of terminal acetylenes is 1. The standard InChI is InChI=1S/C31H37N7O5S/c1-3-5-13-33-31(42)36(14-4-2)37-20-27(40)38-24(17-21-9-11-23(12-10-21)43-16-15-39)29(41)35(19-26(37)38)18-22-7-6-8-25-28(22)34-30(32)44-25/h2,6-12,24,26,39H,3,5,13-20H2,1H3,(H2,32,34)(H,33,42)/t24-,26+/m0/s1. The number of para-hydroxylation sites is 1. The van der Waals surface area contributed by atoms with E-state index in [4.69, 9.17) is 22.0 Å². The molecule has 3 heterocycles. The summed E-state index contributed by atoms with van der Waals surface area (Å²) in [5.74, 6) is 2.68. The van der Waals surface area contributed by atoms with Gasteiger partial charge in [0.15, 0.2) is 5.13 Å². The second-order valence-electron chi connectivity index (χ2n) is 10.7. The third-order valence-corrected chi connectivity index (χ3v) is 8.60. The topological polar surface area (TPSA) is 145 Å². The van der Waals surface area contributed by atoms with Gasteiger partial charge in [-0.05, 0) is 35.7 Å². The van der Waals surface area contributed by atoms with Gasteiger partial charge in [0.1, 0.15) is 24.6 Å². The van der Waals surface area contributed by atoms with Crippen LogP contribution in [-0.2, 0) is 22.6 Å². The van der Waals surface area contributed by atoms with Gasteiger partial charge in [-0.25, -0.2) is 14.8 Å². The number of fused-ring (bicyclic) bond motifs is 2. The second kappa shape index (κ2) is 13.9. The average molecular weight is 620 g/mol. The molecule has 0 unspecified atom stereocenters. The molecule has 0 spiro atoms. The molecule has 44 heavy (non-hydrogen) atoms. The maximum atomic E-state index is 14.2. The monoisotopic (exact) mass is 619 g/mol. The van der Waals surface area contributed by atoms with Gasteiger partial charge in [-0.15, -0.1) is 6.42 Å². The molecule has 2 aliphatic heterocycles. The Hall–Kier alpha value is -4.38. The van der Waals surface area contributed by atoms with Gasteiger partial charge in [0.25, 0.3) is 0 Å². The molecule has 232 valence electrons. The number of nitrogens with zero attached hydrogens (tertiary/aromatic N) is 5. The first-order valence-corrected chi connectivity index (χ1v) is 15.5. The Bertz CT molecular complexity index is 1540. The molecule has 1 aromatic heterocycles. The first-order valence-electron chi connectivity index (χ1n) is 14.7. The van der Waals surface area contributed by atoms with Crippen LogP contribution in [0.1, 0.15) is 30.9 Å². The number of piperazine rings is 1. The summed E-state index contributed by atoms with van der Waals surface area (Å²) in [4.78, 5) is 48.9. The van der Waals surface area contributed by atoms with Gasteiger partial charge in [-0.1, -0.05) is 54.9 Å². The number of nitrogens with two attached hydrogens (primary N) is 1. The molecule has 13 heteroatoms. The molecule has 12 nitrogen and oxygen atoms in total. The Morgan fingerprint density at radius 3 is 2.80 bits per heavy atom. The van der Waals surface area contributed by atoms with Crippen LogP contribution >= 0.6 is 11.3 Å². The molecule has 3 aromatic rings. The van der Waals surface area contributed by atoms with Gasteiger partial charge in [0.2, 0.25) is 11.8 Å². The summed E-state index contributed by atoms with van der Waals surface area (Å²) in [7, 11) is 0. The third kappa shape index (κ3) is 6.57. The maximum absolute atomic E-state index is 14.2. The number of nitrogens with one attached hydrogen (secondary N) is 1. The Morgan fingerprint density at radius 2 is 2.07 bits per heavy atom. The van der Waals surface area contributed by atoms with E-state index in [0.717, 1.165) is 34.2 Å². The van der Waals surface area contributed by atoms with Gasteiger partial charge in [-0.3, -0.25) is 9.59 Å². The molecule has 0 aliphatic carbocycles. The van der Waals surface area contributed by atoms with Crippen LogP contribution < -0.4 is 15.8 Å². The summed E-state index contributed by atoms with van der Waals surface area (Å²) in [5, 5.41) is 15.5. The number of hydrogen-bond donors (Lipinski definition) is 3. The zero-order valence-electron chi connectivity index (χ0n) is 24.6. The summed E-state index contributed by atoms with van der Waals surface area (Å²) in [6, 6.07) is 11.8. The summed E-state index contributed by atoms with van der Waals surface area (Å²) in [6.07, 6.45) is 7.05. The molecule has 2 saturated heterocycles. The highest BCUT2D eigenvalue weighted by molar-refractivity contribution is 7.22. The fourth-order valence-corrected chi connectivity index (χ4v) is 6.47. The fourth-order valence-electron chi connectivity index (χ4n) is 5.68. The number of anilines is 1. The van der Waals surface area contributed by atoms with Gasteiger partial charge in [0, 0.05) is 19.5 Å². The van der Waals surface area contributed by atoms with Crippen LogP contribution in [0.3, 0.4) is 0 Å². The number of aliphatic hydroxyl groups excluding tert-OH is 1. The predicted molar refractivity (Wildman–Crippen MR) is 167 cm³/mol. The minimum absolute atomic E-state index is 0.0269. The predicted octanol–water partition coefficient (Wildman–Crippen LogP) is 2.03. The molecule has 4 N–H and O–H groups in total. The molecule has 2 fully saturated rings. The van der Waals surface area contributed by atoms with Crippen LogP contribution in [0.2, 0.25) is 0 Å². The minimum atomic E-state index is -0.814. The molecule has 0 radical (unpaired) electrons. The van der Waals surface area contributed by atoms with Crippen molar-refractivity contribution in [3.8, 4) is 18.1 Å². The summed E-state index contributed by atoms with van der Waals surface area (Å²) < 4.78 is 6.40. The highest BCUT2D eigenvalue weighted by atomic mass is 32.1. The molecular formula is C31H37N7O5S. The largest absolute Gasteiger partial charge is 0.491 e. The average Bonchev–Trinajstić information content (AvgIpc) is 3.56. The van der Waals surface area contributed by atoms with Gasteiger partial charge < -0.3 is 30.7 Å². The van der Waals surface area contributed by atoms with Crippen molar-refractivity contribution in [1.82, 2.24) is 30.1 Å². The Labute approximate surface area is 260 Å². The summed E-state index contributed by atoms with van der Waals surface area (Å²) in [6.45, 7) is 2.91. The Kier molecular flexibility index (Phi) is 9.84. The van der Waals surface area contributed by atoms with Crippen molar-refractivity contribution >= 4 is 44.5 Å². The maximum Gasteiger partial charge on any atom is 0.332 e. The van der Waals surface area contributed by atoms with Gasteiger partial charge in [-0.2, -0.15) is 5.01 Å². The molecule has 2 atom stereocenters. The number of amides is 4. The summed E-state index contributed by atoms with van der Waals surface area (Å²) in [5.41, 5.74) is 8.41. The first kappa shape index (κ1) is 31.1. The fraction of sp³-hybridized carbons (Fsp3) is 0.419. The van der Waals surface area contributed by atoms with Crippen molar-refractivity contribution in [2.45, 2.75) is 44.9 Å². The number of hydrazine groups is 1. The first-order chi connectivity index (χ1) is 21.3. The van der Waals surface area contributed by atoms with Crippen LogP contribution in [0.4, 0.5) is 9.93 Å². The van der Waals surface area contributed by atoms with E-state index < -0.39 is 12.2 Å². The molecule has 0 saturated carbocycles. The molecular weight excluding hydrogens is 582 g/mol. The number of thiazole rings is 1. The van der Waals surface area contributed by atoms with E-state index in [2.05, 4.69) is 16.2 Å². The van der Waals surface area contributed by atoms with Crippen molar-refractivity contribution in [3.63, 3.8) is 0 Å². The van der Waals surface area contributed by atoms with E-state index in [9.17, 15) is 14.4 Å². The molecule has 4 amide bonds. The van der Waals surface area contributed by atoms with Gasteiger partial charge in [0.05, 0.1) is 36.5 Å². The van der Waals surface area contributed by atoms with Crippen molar-refractivity contribution in [1.29, 1.82) is 0 Å². The molecule has 2 aliphatic rings. The van der Waals surface area contributed by atoms with E-state index in [0.29, 0.717) is 17.4 Å². The Balaban J connectivity index is 1.47. The van der Waals surface area contributed by atoms with Crippen LogP contribution in [0.15, 0.2) is 42.5 Å². The second-order valence-corrected chi connectivity index (χ2v) is 11.8. The number of aliphatic hydroxyl groups is 1. The highest BCUT2D eigenvalue weighted by Crippen LogP contribution is 2.32. The van der Waals surface area contributed by atoms with Crippen molar-refractivity contribution in [2.24, 2.45) is 0 Å². The van der Waals surface area contributed by atoms with Crippen LogP contribution in [0.25, 0.3) is 10.2 Å². The van der Waals surface area contributed by atoms with E-state index in [1.54, 1.807) is 26.9 Å². The normalized spacial score (nSPS) is 18.4. The Morgan fingerprint density at radius 1 is 1.27 bits per heavy atom. The minimum Gasteiger partial charge on any atom is -0.491 e. The number of carbonyl (C=O) groups excluding carboxylic acids is 3. The van der Waals surface area contributed by atoms with Crippen LogP contribution in [0, 0.1) is 12.3 Å². The van der Waals surface area contributed by atoms with Crippen LogP contribution in [-0.4, -0.2) is 99.4 Å². The van der Waals surface area contributed by atoms with Gasteiger partial charge >= 0.3 is 6.03 Å². The lowest BCUT2D eigenvalue weighted by Crippen LogP contribution is -2.66. The quantitative estimate of drug-likeness (QED) is 0.206. The number of aromatic nitrogens is 1. The smallest absolute Gasteiger partial charge is 0.332 e. The number of urea groups is 1. The molecule has 5 rings (SSSR count). The SMILES string of the molecule is C#CCN(C(=O)NCCCC)N1CC(=O)N2[C@@H](Cc3ccc(OCCO)cc3)C(=O)N(Cc3cccc4sc(N)nc34)C[C@@H]21. The number of hydrogen-bond acceptors (Lipinski definition) is 9. The van der Waals surface area contributed by atoms with Crippen LogP contribution in [0.5, 0.6) is 5.75 Å². The number of ether oxygens (including phenoxy) is 1. The van der Waals surface area contributed by atoms with E-state index in [-0.39, 0.29) is 63.7 Å². The number of carbonyl (C=O) groups is 3. The number of nitrogen functional groups attached to an aromatic ring is 1. The zero-order chi connectivity index (χ0) is 31.2.